The van der Waals surface area contributed by atoms with Gasteiger partial charge < -0.3 is 0 Å². The highest BCUT2D eigenvalue weighted by atomic mass is 28.3. The third-order valence-electron chi connectivity index (χ3n) is 2.81. The lowest BCUT2D eigenvalue weighted by molar-refractivity contribution is 1.30. The molecule has 0 radical (unpaired) electrons. The Morgan fingerprint density at radius 2 is 1.26 bits per heavy atom. The molecule has 0 N–H and O–H groups in total. The van der Waals surface area contributed by atoms with Gasteiger partial charge in [-0.25, -0.2) is 0 Å². The van der Waals surface area contributed by atoms with E-state index in [4.69, 9.17) is 0 Å². The Kier molecular flexibility index (Phi) is 4.24. The van der Waals surface area contributed by atoms with Gasteiger partial charge in [-0.2, -0.15) is 0 Å². The molecule has 96 valence electrons. The molecule has 19 heavy (non-hydrogen) atoms. The Bertz CT molecular complexity index is 578. The summed E-state index contributed by atoms with van der Waals surface area (Å²) in [5.41, 5.74) is 3.58. The van der Waals surface area contributed by atoms with Crippen LogP contribution < -0.4 is 0 Å². The number of hydrogen-bond donors (Lipinski definition) is 0. The first-order valence-electron chi connectivity index (χ1n) is 6.69. The summed E-state index contributed by atoms with van der Waals surface area (Å²) in [4.78, 5) is 0. The van der Waals surface area contributed by atoms with Gasteiger partial charge in [-0.05, 0) is 30.3 Å². The van der Waals surface area contributed by atoms with Crippen molar-refractivity contribution < 1.29 is 0 Å². The van der Waals surface area contributed by atoms with Crippen LogP contribution in [0, 0.1) is 11.8 Å². The summed E-state index contributed by atoms with van der Waals surface area (Å²) in [5.74, 6) is 6.40. The highest BCUT2D eigenvalue weighted by Gasteiger charge is 2.13. The summed E-state index contributed by atoms with van der Waals surface area (Å²) in [6.07, 6.45) is 0. The maximum atomic E-state index is 3.21. The molecule has 2 rings (SSSR count). The fourth-order valence-corrected chi connectivity index (χ4v) is 3.44. The van der Waals surface area contributed by atoms with Crippen molar-refractivity contribution in [2.75, 3.05) is 0 Å². The predicted octanol–water partition coefficient (Wildman–Crippen LogP) is 4.51. The van der Waals surface area contributed by atoms with E-state index in [1.165, 1.54) is 11.6 Å². The van der Waals surface area contributed by atoms with E-state index in [2.05, 4.69) is 55.7 Å². The lowest BCUT2D eigenvalue weighted by Crippen LogP contribution is -2.23. The Hall–Kier alpha value is -1.78. The molecule has 2 aromatic carbocycles. The predicted molar refractivity (Wildman–Crippen MR) is 85.9 cm³/mol. The van der Waals surface area contributed by atoms with Gasteiger partial charge in [0, 0.05) is 19.2 Å². The molecule has 0 saturated heterocycles. The van der Waals surface area contributed by atoms with Gasteiger partial charge in [-0.3, -0.25) is 0 Å². The lowest BCUT2D eigenvalue weighted by atomic mass is 10.1. The highest BCUT2D eigenvalue weighted by molar-refractivity contribution is 6.75. The van der Waals surface area contributed by atoms with Crippen LogP contribution in [0.1, 0.15) is 16.7 Å². The molecule has 2 aromatic rings. The van der Waals surface area contributed by atoms with E-state index < -0.39 is 8.07 Å². The second-order valence-electron chi connectivity index (χ2n) is 6.05. The van der Waals surface area contributed by atoms with Crippen molar-refractivity contribution in [3.05, 3.63) is 71.3 Å². The maximum absolute atomic E-state index is 3.21. The van der Waals surface area contributed by atoms with Crippen LogP contribution in [0.5, 0.6) is 0 Å². The van der Waals surface area contributed by atoms with Gasteiger partial charge >= 0.3 is 0 Å². The van der Waals surface area contributed by atoms with Crippen molar-refractivity contribution in [2.45, 2.75) is 25.7 Å². The minimum atomic E-state index is -1.02. The first-order valence-corrected chi connectivity index (χ1v) is 10.4. The maximum Gasteiger partial charge on any atom is 0.0487 e. The average molecular weight is 264 g/mol. The fraction of sp³-hybridized carbons (Fsp3) is 0.222. The summed E-state index contributed by atoms with van der Waals surface area (Å²) in [6.45, 7) is 7.20. The number of rotatable bonds is 2. The molecule has 0 unspecified atom stereocenters. The zero-order valence-corrected chi connectivity index (χ0v) is 12.9. The normalized spacial score (nSPS) is 10.7. The molecule has 0 fully saturated rings. The van der Waals surface area contributed by atoms with Crippen LogP contribution in [-0.4, -0.2) is 8.07 Å². The van der Waals surface area contributed by atoms with Crippen LogP contribution in [0.2, 0.25) is 19.6 Å². The SMILES string of the molecule is C[Si](C)(C)Cc1ccc(C#Cc2ccccc2)cc1. The molecule has 0 aliphatic carbocycles. The minimum absolute atomic E-state index is 1.02. The van der Waals surface area contributed by atoms with Crippen molar-refractivity contribution in [3.8, 4) is 11.8 Å². The van der Waals surface area contributed by atoms with Crippen LogP contribution in [0.4, 0.5) is 0 Å². The quantitative estimate of drug-likeness (QED) is 0.553. The van der Waals surface area contributed by atoms with E-state index in [-0.39, 0.29) is 0 Å². The number of hydrogen-bond acceptors (Lipinski definition) is 0. The van der Waals surface area contributed by atoms with E-state index >= 15 is 0 Å². The van der Waals surface area contributed by atoms with Crippen molar-refractivity contribution in [2.24, 2.45) is 0 Å². The second kappa shape index (κ2) is 5.91. The minimum Gasteiger partial charge on any atom is -0.0693 e. The molecule has 0 nitrogen and oxygen atoms in total. The molecule has 1 heteroatoms. The standard InChI is InChI=1S/C18H20Si/c1-19(2,3)15-18-13-11-17(12-14-18)10-9-16-7-5-4-6-8-16/h4-8,11-14H,15H2,1-3H3. The monoisotopic (exact) mass is 264 g/mol. The molecule has 0 spiro atoms. The summed E-state index contributed by atoms with van der Waals surface area (Å²) >= 11 is 0. The second-order valence-corrected chi connectivity index (χ2v) is 11.5. The van der Waals surface area contributed by atoms with Crippen molar-refractivity contribution in [1.29, 1.82) is 0 Å². The molecule has 0 bridgehead atoms. The Morgan fingerprint density at radius 3 is 1.79 bits per heavy atom. The molecule has 0 aliphatic rings. The summed E-state index contributed by atoms with van der Waals surface area (Å²) in [6, 6.07) is 20.0. The molecular weight excluding hydrogens is 244 g/mol. The van der Waals surface area contributed by atoms with Crippen LogP contribution in [0.25, 0.3) is 0 Å². The summed E-state index contributed by atoms with van der Waals surface area (Å²) in [7, 11) is -1.02. The molecular formula is C18H20Si. The van der Waals surface area contributed by atoms with Crippen LogP contribution >= 0.6 is 0 Å². The average Bonchev–Trinajstić information content (AvgIpc) is 2.37. The molecule has 0 saturated carbocycles. The van der Waals surface area contributed by atoms with Crippen LogP contribution in [0.15, 0.2) is 54.6 Å². The largest absolute Gasteiger partial charge is 0.0693 e. The van der Waals surface area contributed by atoms with Gasteiger partial charge in [0.1, 0.15) is 0 Å². The first-order chi connectivity index (χ1) is 9.03. The van der Waals surface area contributed by atoms with E-state index in [9.17, 15) is 0 Å². The topological polar surface area (TPSA) is 0 Å². The lowest BCUT2D eigenvalue weighted by Gasteiger charge is -2.15. The van der Waals surface area contributed by atoms with Gasteiger partial charge in [0.2, 0.25) is 0 Å². The van der Waals surface area contributed by atoms with Gasteiger partial charge in [-0.1, -0.05) is 67.4 Å². The fourth-order valence-electron chi connectivity index (χ4n) is 1.98. The highest BCUT2D eigenvalue weighted by Crippen LogP contribution is 2.12. The Balaban J connectivity index is 2.10. The molecule has 0 heterocycles. The molecule has 0 amide bonds. The zero-order valence-electron chi connectivity index (χ0n) is 11.9. The molecule has 0 atom stereocenters. The van der Waals surface area contributed by atoms with E-state index in [1.54, 1.807) is 0 Å². The van der Waals surface area contributed by atoms with Gasteiger partial charge in [-0.15, -0.1) is 0 Å². The van der Waals surface area contributed by atoms with Gasteiger partial charge in [0.15, 0.2) is 0 Å². The van der Waals surface area contributed by atoms with Crippen molar-refractivity contribution in [1.82, 2.24) is 0 Å². The van der Waals surface area contributed by atoms with Gasteiger partial charge in [0.25, 0.3) is 0 Å². The zero-order chi connectivity index (χ0) is 13.7. The van der Waals surface area contributed by atoms with Crippen molar-refractivity contribution >= 4 is 8.07 Å². The third kappa shape index (κ3) is 4.77. The number of benzene rings is 2. The van der Waals surface area contributed by atoms with E-state index in [0.717, 1.165) is 11.1 Å². The first kappa shape index (κ1) is 13.6. The summed E-state index contributed by atoms with van der Waals surface area (Å²) < 4.78 is 0. The molecule has 0 aliphatic heterocycles. The van der Waals surface area contributed by atoms with Crippen molar-refractivity contribution in [3.63, 3.8) is 0 Å². The third-order valence-corrected chi connectivity index (χ3v) is 4.28. The van der Waals surface area contributed by atoms with E-state index in [0.29, 0.717) is 0 Å². The van der Waals surface area contributed by atoms with Crippen LogP contribution in [0.3, 0.4) is 0 Å². The Morgan fingerprint density at radius 1 is 0.737 bits per heavy atom. The van der Waals surface area contributed by atoms with E-state index in [1.807, 2.05) is 30.3 Å². The summed E-state index contributed by atoms with van der Waals surface area (Å²) in [5, 5.41) is 0. The smallest absolute Gasteiger partial charge is 0.0487 e. The molecule has 0 aromatic heterocycles. The van der Waals surface area contributed by atoms with Crippen LogP contribution in [-0.2, 0) is 6.04 Å². The van der Waals surface area contributed by atoms with Gasteiger partial charge in [0.05, 0.1) is 0 Å². The Labute approximate surface area is 117 Å².